The molecule has 0 aliphatic heterocycles. The molecule has 0 saturated carbocycles. The van der Waals surface area contributed by atoms with Gasteiger partial charge >= 0.3 is 0 Å². The highest BCUT2D eigenvalue weighted by atomic mass is 35.5. The average Bonchev–Trinajstić information content (AvgIpc) is 3.55. The summed E-state index contributed by atoms with van der Waals surface area (Å²) in [5.74, 6) is 0. The average molecular weight is 609 g/mol. The van der Waals surface area contributed by atoms with Gasteiger partial charge in [0.1, 0.15) is 0 Å². The number of benzene rings is 7. The molecule has 0 radical (unpaired) electrons. The maximum Gasteiger partial charge on any atom is 0.0725 e. The van der Waals surface area contributed by atoms with Crippen LogP contribution in [0.15, 0.2) is 146 Å². The third-order valence-electron chi connectivity index (χ3n) is 10.3. The fourth-order valence-corrected chi connectivity index (χ4v) is 8.56. The van der Waals surface area contributed by atoms with E-state index < -0.39 is 5.41 Å². The van der Waals surface area contributed by atoms with Gasteiger partial charge in [0.25, 0.3) is 0 Å². The molecule has 0 heterocycles. The minimum Gasteiger partial charge on any atom is -0.0836 e. The summed E-state index contributed by atoms with van der Waals surface area (Å²) in [5, 5.41) is 3.01. The van der Waals surface area contributed by atoms with Gasteiger partial charge in [0.15, 0.2) is 0 Å². The maximum absolute atomic E-state index is 6.89. The van der Waals surface area contributed by atoms with Gasteiger partial charge in [-0.05, 0) is 95.3 Å². The van der Waals surface area contributed by atoms with Crippen molar-refractivity contribution in [3.8, 4) is 44.5 Å². The van der Waals surface area contributed by atoms with Crippen molar-refractivity contribution in [2.45, 2.75) is 31.6 Å². The lowest BCUT2D eigenvalue weighted by molar-refractivity contribution is 0.588. The molecule has 0 amide bonds. The fraction of sp³-hybridized carbons (Fsp3) is 0.111. The summed E-state index contributed by atoms with van der Waals surface area (Å²) >= 11 is 6.89. The van der Waals surface area contributed by atoms with Gasteiger partial charge < -0.3 is 0 Å². The SMILES string of the molecule is CC(C)(C)c1ccc2c(c1)C1(c3ccccc3-2)c2ccccc2-c2c(-c3ccccc3-c3cc(Cl)c4ccccc4c3)cccc21. The van der Waals surface area contributed by atoms with E-state index in [1.54, 1.807) is 0 Å². The van der Waals surface area contributed by atoms with Crippen molar-refractivity contribution in [3.63, 3.8) is 0 Å². The van der Waals surface area contributed by atoms with E-state index >= 15 is 0 Å². The molecule has 0 N–H and O–H groups in total. The van der Waals surface area contributed by atoms with Crippen molar-refractivity contribution in [3.05, 3.63) is 178 Å². The zero-order valence-corrected chi connectivity index (χ0v) is 27.0. The third kappa shape index (κ3) is 3.68. The molecule has 0 saturated heterocycles. The predicted octanol–water partition coefficient (Wildman–Crippen LogP) is 12.5. The van der Waals surface area contributed by atoms with Crippen molar-refractivity contribution in [2.24, 2.45) is 0 Å². The van der Waals surface area contributed by atoms with Crippen LogP contribution >= 0.6 is 11.6 Å². The Balaban J connectivity index is 1.36. The smallest absolute Gasteiger partial charge is 0.0725 e. The first kappa shape index (κ1) is 27.4. The molecule has 0 fully saturated rings. The summed E-state index contributed by atoms with van der Waals surface area (Å²) in [5.41, 5.74) is 16.6. The minimum absolute atomic E-state index is 0.0356. The Hall–Kier alpha value is -4.91. The van der Waals surface area contributed by atoms with Crippen LogP contribution in [0.3, 0.4) is 0 Å². The standard InChI is InChI=1S/C45H33Cl/c1-44(2,3)30-23-24-35-34-17-8-10-20-38(34)45(41(35)27-30)39-21-11-9-18-37(39)43-36(19-12-22-40(43)45)33-16-7-6-14-31(33)29-25-28-13-4-5-15-32(28)42(46)26-29/h4-27H,1-3H3. The van der Waals surface area contributed by atoms with Gasteiger partial charge in [-0.2, -0.15) is 0 Å². The first-order chi connectivity index (χ1) is 22.4. The fourth-order valence-electron chi connectivity index (χ4n) is 8.27. The Bertz CT molecular complexity index is 2370. The molecule has 0 nitrogen and oxygen atoms in total. The van der Waals surface area contributed by atoms with E-state index in [1.165, 1.54) is 66.8 Å². The summed E-state index contributed by atoms with van der Waals surface area (Å²) in [6, 6.07) is 53.9. The van der Waals surface area contributed by atoms with Crippen LogP contribution in [-0.2, 0) is 10.8 Å². The second-order valence-corrected chi connectivity index (χ2v) is 14.2. The molecule has 7 aromatic rings. The van der Waals surface area contributed by atoms with Crippen molar-refractivity contribution in [1.29, 1.82) is 0 Å². The van der Waals surface area contributed by atoms with E-state index in [0.29, 0.717) is 0 Å². The first-order valence-corrected chi connectivity index (χ1v) is 16.5. The third-order valence-corrected chi connectivity index (χ3v) is 10.6. The van der Waals surface area contributed by atoms with E-state index in [2.05, 4.69) is 160 Å². The van der Waals surface area contributed by atoms with Crippen molar-refractivity contribution >= 4 is 22.4 Å². The summed E-state index contributed by atoms with van der Waals surface area (Å²) in [6.45, 7) is 6.94. The molecule has 46 heavy (non-hydrogen) atoms. The van der Waals surface area contributed by atoms with E-state index in [1.807, 2.05) is 6.07 Å². The lowest BCUT2D eigenvalue weighted by Crippen LogP contribution is -2.26. The number of rotatable bonds is 2. The Labute approximate surface area is 276 Å². The molecule has 1 spiro atoms. The van der Waals surface area contributed by atoms with Gasteiger partial charge in [-0.15, -0.1) is 0 Å². The Morgan fingerprint density at radius 3 is 1.83 bits per heavy atom. The lowest BCUT2D eigenvalue weighted by Gasteiger charge is -2.32. The Kier molecular flexibility index (Phi) is 5.83. The molecule has 1 unspecified atom stereocenters. The Morgan fingerprint density at radius 1 is 0.457 bits per heavy atom. The van der Waals surface area contributed by atoms with Crippen molar-refractivity contribution in [2.75, 3.05) is 0 Å². The van der Waals surface area contributed by atoms with Gasteiger partial charge in [0.05, 0.1) is 5.41 Å². The molecule has 1 atom stereocenters. The Morgan fingerprint density at radius 2 is 1.04 bits per heavy atom. The molecule has 9 rings (SSSR count). The predicted molar refractivity (Wildman–Crippen MR) is 195 cm³/mol. The van der Waals surface area contributed by atoms with Gasteiger partial charge in [-0.3, -0.25) is 0 Å². The van der Waals surface area contributed by atoms with Gasteiger partial charge in [-0.1, -0.05) is 166 Å². The second kappa shape index (κ2) is 9.79. The van der Waals surface area contributed by atoms with Gasteiger partial charge in [0.2, 0.25) is 0 Å². The monoisotopic (exact) mass is 608 g/mol. The van der Waals surface area contributed by atoms with E-state index in [0.717, 1.165) is 21.4 Å². The molecule has 2 aliphatic rings. The minimum atomic E-state index is -0.393. The molecule has 7 aromatic carbocycles. The van der Waals surface area contributed by atoms with Crippen molar-refractivity contribution < 1.29 is 0 Å². The number of hydrogen-bond donors (Lipinski definition) is 0. The highest BCUT2D eigenvalue weighted by molar-refractivity contribution is 6.36. The summed E-state index contributed by atoms with van der Waals surface area (Å²) in [7, 11) is 0. The van der Waals surface area contributed by atoms with Crippen LogP contribution in [0.1, 0.15) is 48.6 Å². The summed E-state index contributed by atoms with van der Waals surface area (Å²) in [6.07, 6.45) is 0. The van der Waals surface area contributed by atoms with Gasteiger partial charge in [0, 0.05) is 10.4 Å². The molecule has 2 aliphatic carbocycles. The van der Waals surface area contributed by atoms with Crippen LogP contribution in [0.2, 0.25) is 5.02 Å². The highest BCUT2D eigenvalue weighted by Gasteiger charge is 2.52. The first-order valence-electron chi connectivity index (χ1n) is 16.1. The molecular formula is C45H33Cl. The van der Waals surface area contributed by atoms with Crippen molar-refractivity contribution in [1.82, 2.24) is 0 Å². The maximum atomic E-state index is 6.89. The van der Waals surface area contributed by atoms with E-state index in [4.69, 9.17) is 11.6 Å². The number of hydrogen-bond acceptors (Lipinski definition) is 0. The number of halogens is 1. The normalized spacial score (nSPS) is 15.9. The van der Waals surface area contributed by atoms with Crippen LogP contribution in [0, 0.1) is 0 Å². The zero-order chi connectivity index (χ0) is 31.2. The van der Waals surface area contributed by atoms with Crippen LogP contribution in [0.25, 0.3) is 55.3 Å². The van der Waals surface area contributed by atoms with Crippen LogP contribution < -0.4 is 0 Å². The second-order valence-electron chi connectivity index (χ2n) is 13.8. The van der Waals surface area contributed by atoms with Crippen LogP contribution in [-0.4, -0.2) is 0 Å². The van der Waals surface area contributed by atoms with Crippen LogP contribution in [0.4, 0.5) is 0 Å². The van der Waals surface area contributed by atoms with E-state index in [9.17, 15) is 0 Å². The molecule has 1 heteroatoms. The van der Waals surface area contributed by atoms with Crippen LogP contribution in [0.5, 0.6) is 0 Å². The largest absolute Gasteiger partial charge is 0.0836 e. The van der Waals surface area contributed by atoms with Gasteiger partial charge in [-0.25, -0.2) is 0 Å². The topological polar surface area (TPSA) is 0 Å². The number of fused-ring (bicyclic) bond motifs is 11. The molecular weight excluding hydrogens is 576 g/mol. The molecule has 0 bridgehead atoms. The molecule has 0 aromatic heterocycles. The quantitative estimate of drug-likeness (QED) is 0.183. The zero-order valence-electron chi connectivity index (χ0n) is 26.2. The lowest BCUT2D eigenvalue weighted by atomic mass is 9.69. The molecule has 220 valence electrons. The summed E-state index contributed by atoms with van der Waals surface area (Å²) < 4.78 is 0. The van der Waals surface area contributed by atoms with E-state index in [-0.39, 0.29) is 5.41 Å². The highest BCUT2D eigenvalue weighted by Crippen LogP contribution is 2.64. The summed E-state index contributed by atoms with van der Waals surface area (Å²) in [4.78, 5) is 0.